The molecule has 0 amide bonds. The van der Waals surface area contributed by atoms with E-state index < -0.39 is 0 Å². The van der Waals surface area contributed by atoms with Gasteiger partial charge in [0.25, 0.3) is 0 Å². The van der Waals surface area contributed by atoms with E-state index in [9.17, 15) is 0 Å². The van der Waals surface area contributed by atoms with Crippen molar-refractivity contribution in [3.05, 3.63) is 6.42 Å². The third-order valence-corrected chi connectivity index (χ3v) is 0.572. The lowest BCUT2D eigenvalue weighted by Crippen LogP contribution is -1.53. The average molecular weight is 145 g/mol. The van der Waals surface area contributed by atoms with Gasteiger partial charge in [-0.15, -0.1) is 12.3 Å². The Bertz CT molecular complexity index is 412. The third-order valence-electron chi connectivity index (χ3n) is 0.572. The molecule has 50 valence electrons. The van der Waals surface area contributed by atoms with Crippen LogP contribution in [-0.2, 0) is 0 Å². The summed E-state index contributed by atoms with van der Waals surface area (Å²) in [4.78, 5) is 0. The van der Waals surface area contributed by atoms with Crippen LogP contribution in [0.25, 0.3) is 0 Å². The number of hydrogen-bond acceptors (Lipinski definition) is 0. The van der Waals surface area contributed by atoms with Gasteiger partial charge in [-0.2, -0.15) is 0 Å². The van der Waals surface area contributed by atoms with Crippen molar-refractivity contribution in [3.63, 3.8) is 0 Å². The van der Waals surface area contributed by atoms with Crippen LogP contribution in [0.4, 0.5) is 0 Å². The lowest BCUT2D eigenvalue weighted by molar-refractivity contribution is 2.35. The summed E-state index contributed by atoms with van der Waals surface area (Å²) < 4.78 is 0. The van der Waals surface area contributed by atoms with Gasteiger partial charge in [-0.05, 0) is 41.4 Å². The summed E-state index contributed by atoms with van der Waals surface area (Å²) in [7, 11) is 0. The lowest BCUT2D eigenvalue weighted by atomic mass is 10.5. The van der Waals surface area contributed by atoms with E-state index >= 15 is 0 Å². The molecule has 0 heterocycles. The fraction of sp³-hybridized carbons (Fsp3) is 0. The summed E-state index contributed by atoms with van der Waals surface area (Å²) in [6, 6.07) is 0. The number of hydrogen-bond donors (Lipinski definition) is 0. The molecule has 0 aliphatic carbocycles. The average Bonchev–Trinajstić information content (AvgIpc) is 2.10. The maximum atomic E-state index is 6.40. The normalized spacial score (nSPS) is 3.50. The summed E-state index contributed by atoms with van der Waals surface area (Å²) in [5, 5.41) is 0. The Morgan fingerprint density at radius 3 is 1.50 bits per heavy atom. The minimum Gasteiger partial charge on any atom is -0.358 e. The molecule has 0 aliphatic heterocycles. The van der Waals surface area contributed by atoms with Gasteiger partial charge in [-0.3, -0.25) is 5.92 Å². The van der Waals surface area contributed by atoms with Gasteiger partial charge >= 0.3 is 0 Å². The Morgan fingerprint density at radius 1 is 0.667 bits per heavy atom. The first-order chi connectivity index (χ1) is 5.91. The fourth-order valence-electron chi connectivity index (χ4n) is 0.255. The van der Waals surface area contributed by atoms with Gasteiger partial charge in [0.1, 0.15) is 0 Å². The Hall–Kier alpha value is -2.64. The highest BCUT2D eigenvalue weighted by Crippen LogP contribution is 1.54. The van der Waals surface area contributed by atoms with E-state index in [-0.39, 0.29) is 0 Å². The summed E-state index contributed by atoms with van der Waals surface area (Å²) in [5.74, 6) is 22.8. The van der Waals surface area contributed by atoms with Crippen LogP contribution in [0.3, 0.4) is 0 Å². The molecular weight excluding hydrogens is 144 g/mol. The second kappa shape index (κ2) is 8.36. The highest BCUT2D eigenvalue weighted by molar-refractivity contribution is 5.43. The van der Waals surface area contributed by atoms with E-state index in [0.717, 1.165) is 0 Å². The second-order valence-corrected chi connectivity index (χ2v) is 1.27. The van der Waals surface area contributed by atoms with E-state index in [0.29, 0.717) is 0 Å². The van der Waals surface area contributed by atoms with Crippen molar-refractivity contribution < 1.29 is 0 Å². The van der Waals surface area contributed by atoms with E-state index in [1.807, 2.05) is 5.92 Å². The van der Waals surface area contributed by atoms with E-state index in [4.69, 9.17) is 12.8 Å². The van der Waals surface area contributed by atoms with Gasteiger partial charge in [0, 0.05) is 0 Å². The van der Waals surface area contributed by atoms with Crippen LogP contribution < -0.4 is 0 Å². The Balaban J connectivity index is 4.12. The zero-order valence-electron chi connectivity index (χ0n) is 6.08. The molecule has 12 heavy (non-hydrogen) atoms. The fourth-order valence-corrected chi connectivity index (χ4v) is 0.255. The zero-order valence-corrected chi connectivity index (χ0v) is 6.08. The van der Waals surface area contributed by atoms with Crippen molar-refractivity contribution in [2.75, 3.05) is 0 Å². The summed E-state index contributed by atoms with van der Waals surface area (Å²) in [6.07, 6.45) is 11.2. The topological polar surface area (TPSA) is 0 Å². The van der Waals surface area contributed by atoms with Crippen molar-refractivity contribution in [2.45, 2.75) is 0 Å². The molecule has 0 spiro atoms. The predicted octanol–water partition coefficient (Wildman–Crippen LogP) is 0.223. The maximum absolute atomic E-state index is 6.40. The monoisotopic (exact) mass is 145 g/mol. The van der Waals surface area contributed by atoms with Crippen molar-refractivity contribution in [1.82, 2.24) is 0 Å². The minimum absolute atomic E-state index is 1.86. The van der Waals surface area contributed by atoms with Crippen LogP contribution in [0.2, 0.25) is 0 Å². The molecule has 0 aliphatic rings. The molecule has 0 fully saturated rings. The first-order valence-corrected chi connectivity index (χ1v) is 2.79. The summed E-state index contributed by atoms with van der Waals surface area (Å²) >= 11 is 0. The van der Waals surface area contributed by atoms with E-state index in [2.05, 4.69) is 53.3 Å². The van der Waals surface area contributed by atoms with Crippen molar-refractivity contribution in [3.8, 4) is 65.6 Å². The SMILES string of the molecule is [C-]#CC#CC#CC#CC#CC#C. The van der Waals surface area contributed by atoms with Gasteiger partial charge in [0.15, 0.2) is 0 Å². The molecule has 0 nitrogen and oxygen atoms in total. The van der Waals surface area contributed by atoms with E-state index in [1.54, 1.807) is 0 Å². The van der Waals surface area contributed by atoms with Gasteiger partial charge < -0.3 is 6.42 Å². The Morgan fingerprint density at radius 2 is 1.08 bits per heavy atom. The summed E-state index contributed by atoms with van der Waals surface area (Å²) in [6.45, 7) is 0. The molecule has 0 saturated carbocycles. The van der Waals surface area contributed by atoms with Crippen LogP contribution in [0.15, 0.2) is 0 Å². The highest BCUT2D eigenvalue weighted by atomic mass is 13.6. The van der Waals surface area contributed by atoms with Crippen molar-refractivity contribution in [1.29, 1.82) is 0 Å². The summed E-state index contributed by atoms with van der Waals surface area (Å²) in [5.41, 5.74) is 0. The molecule has 0 atom stereocenters. The highest BCUT2D eigenvalue weighted by Gasteiger charge is 1.51. The number of rotatable bonds is 0. The Kier molecular flexibility index (Phi) is 6.52. The van der Waals surface area contributed by atoms with Crippen LogP contribution in [0.1, 0.15) is 0 Å². The molecule has 0 saturated heterocycles. The molecule has 0 bridgehead atoms. The quantitative estimate of drug-likeness (QED) is 0.338. The van der Waals surface area contributed by atoms with Crippen molar-refractivity contribution >= 4 is 0 Å². The van der Waals surface area contributed by atoms with Gasteiger partial charge in [-0.1, -0.05) is 0 Å². The largest absolute Gasteiger partial charge is 0.358 e. The van der Waals surface area contributed by atoms with Gasteiger partial charge in [0.2, 0.25) is 0 Å². The van der Waals surface area contributed by atoms with Crippen LogP contribution in [0, 0.1) is 72.1 Å². The van der Waals surface area contributed by atoms with Crippen LogP contribution >= 0.6 is 0 Å². The van der Waals surface area contributed by atoms with Gasteiger partial charge in [-0.25, -0.2) is 5.92 Å². The third kappa shape index (κ3) is 7.36. The standard InChI is InChI=1S/C12H/c1-3-5-7-9-11-12-10-8-6-4-2/h1H/q-1. The first-order valence-electron chi connectivity index (χ1n) is 2.79. The molecule has 0 radical (unpaired) electrons. The Labute approximate surface area is 72.7 Å². The molecular formula is C12H-. The van der Waals surface area contributed by atoms with Gasteiger partial charge in [0.05, 0.1) is 0 Å². The molecule has 0 heteroatoms. The lowest BCUT2D eigenvalue weighted by Gasteiger charge is -1.63. The maximum Gasteiger partial charge on any atom is -0.00000158 e. The molecule has 0 unspecified atom stereocenters. The zero-order chi connectivity index (χ0) is 9.07. The second-order valence-electron chi connectivity index (χ2n) is 1.27. The molecule has 0 rings (SSSR count). The molecule has 0 N–H and O–H groups in total. The molecule has 0 aromatic rings. The predicted molar refractivity (Wildman–Crippen MR) is 47.1 cm³/mol. The molecule has 0 aromatic carbocycles. The van der Waals surface area contributed by atoms with E-state index in [1.165, 1.54) is 0 Å². The molecule has 0 aromatic heterocycles. The van der Waals surface area contributed by atoms with Crippen LogP contribution in [0.5, 0.6) is 0 Å². The number of terminal acetylenes is 1. The van der Waals surface area contributed by atoms with Crippen LogP contribution in [-0.4, -0.2) is 0 Å². The van der Waals surface area contributed by atoms with Crippen molar-refractivity contribution in [2.24, 2.45) is 0 Å². The minimum atomic E-state index is 1.86. The first kappa shape index (κ1) is 9.36. The smallest absolute Gasteiger partial charge is 0.00000158 e.